The monoisotopic (exact) mass is 428 g/mol. The van der Waals surface area contributed by atoms with Gasteiger partial charge in [0.1, 0.15) is 11.3 Å². The molecule has 0 saturated carbocycles. The Bertz CT molecular complexity index is 1240. The van der Waals surface area contributed by atoms with Crippen LogP contribution in [0.15, 0.2) is 67.0 Å². The Balaban J connectivity index is 1.82. The maximum absolute atomic E-state index is 12.3. The lowest BCUT2D eigenvalue weighted by Crippen LogP contribution is -2.23. The number of rotatable bonds is 3. The second kappa shape index (κ2) is 6.66. The molecular formula is C19H13BrN2O3S. The fourth-order valence-corrected chi connectivity index (χ4v) is 3.93. The average Bonchev–Trinajstić information content (AvgIpc) is 3.02. The van der Waals surface area contributed by atoms with Gasteiger partial charge < -0.3 is 4.42 Å². The van der Waals surface area contributed by atoms with Gasteiger partial charge in [-0.1, -0.05) is 15.9 Å². The topological polar surface area (TPSA) is 65.1 Å². The molecule has 0 amide bonds. The molecule has 3 aromatic heterocycles. The van der Waals surface area contributed by atoms with Crippen LogP contribution in [0.5, 0.6) is 0 Å². The van der Waals surface area contributed by atoms with Crippen molar-refractivity contribution in [1.29, 1.82) is 0 Å². The normalized spacial score (nSPS) is 11.2. The molecule has 0 atom stereocenters. The van der Waals surface area contributed by atoms with E-state index in [-0.39, 0.29) is 12.1 Å². The second-order valence-corrected chi connectivity index (χ2v) is 8.06. The van der Waals surface area contributed by atoms with Gasteiger partial charge in [0.15, 0.2) is 0 Å². The Kier molecular flexibility index (Phi) is 4.34. The van der Waals surface area contributed by atoms with E-state index in [2.05, 4.69) is 21.0 Å². The number of aryl methyl sites for hydroxylation is 1. The Morgan fingerprint density at radius 3 is 2.73 bits per heavy atom. The molecule has 4 rings (SSSR count). The molecule has 4 aromatic rings. The zero-order valence-electron chi connectivity index (χ0n) is 13.7. The van der Waals surface area contributed by atoms with E-state index in [9.17, 15) is 9.59 Å². The highest BCUT2D eigenvalue weighted by molar-refractivity contribution is 9.10. The molecule has 0 aliphatic rings. The Labute approximate surface area is 160 Å². The maximum Gasteiger partial charge on any atom is 0.336 e. The van der Waals surface area contributed by atoms with Gasteiger partial charge in [0.05, 0.1) is 11.4 Å². The summed E-state index contributed by atoms with van der Waals surface area (Å²) in [5.74, 6) is 0. The van der Waals surface area contributed by atoms with Gasteiger partial charge >= 0.3 is 5.63 Å². The Morgan fingerprint density at radius 2 is 1.96 bits per heavy atom. The number of thiophene rings is 1. The number of fused-ring (bicyclic) bond motifs is 1. The summed E-state index contributed by atoms with van der Waals surface area (Å²) < 4.78 is 7.45. The van der Waals surface area contributed by atoms with Gasteiger partial charge in [-0.2, -0.15) is 5.10 Å². The van der Waals surface area contributed by atoms with Gasteiger partial charge in [0, 0.05) is 26.9 Å². The highest BCUT2D eigenvalue weighted by atomic mass is 79.9. The molecular weight excluding hydrogens is 416 g/mol. The summed E-state index contributed by atoms with van der Waals surface area (Å²) in [7, 11) is 0. The fourth-order valence-electron chi connectivity index (χ4n) is 2.76. The molecule has 3 heterocycles. The van der Waals surface area contributed by atoms with Crippen molar-refractivity contribution in [1.82, 2.24) is 9.78 Å². The van der Waals surface area contributed by atoms with Crippen molar-refractivity contribution >= 4 is 38.2 Å². The summed E-state index contributed by atoms with van der Waals surface area (Å²) in [5, 5.41) is 5.25. The quantitative estimate of drug-likeness (QED) is 0.458. The number of halogens is 1. The molecule has 0 spiro atoms. The Morgan fingerprint density at radius 1 is 1.12 bits per heavy atom. The van der Waals surface area contributed by atoms with E-state index in [1.54, 1.807) is 23.5 Å². The highest BCUT2D eigenvalue weighted by Gasteiger charge is 2.10. The molecule has 7 heteroatoms. The van der Waals surface area contributed by atoms with Crippen LogP contribution in [0.25, 0.3) is 21.5 Å². The molecule has 130 valence electrons. The SMILES string of the molecule is Cc1ccc(-c2ccc(=O)n(Cc3cc(=O)oc4cc(Br)ccc34)n2)s1. The van der Waals surface area contributed by atoms with Gasteiger partial charge in [-0.25, -0.2) is 9.48 Å². The lowest BCUT2D eigenvalue weighted by atomic mass is 10.1. The minimum absolute atomic E-state index is 0.195. The van der Waals surface area contributed by atoms with Crippen LogP contribution >= 0.6 is 27.3 Å². The van der Waals surface area contributed by atoms with Crippen molar-refractivity contribution < 1.29 is 4.42 Å². The number of nitrogens with zero attached hydrogens (tertiary/aromatic N) is 2. The van der Waals surface area contributed by atoms with Gasteiger partial charge in [-0.3, -0.25) is 4.79 Å². The van der Waals surface area contributed by atoms with E-state index in [1.165, 1.54) is 21.7 Å². The third kappa shape index (κ3) is 3.27. The lowest BCUT2D eigenvalue weighted by Gasteiger charge is -2.08. The zero-order valence-corrected chi connectivity index (χ0v) is 16.1. The Hall–Kier alpha value is -2.51. The van der Waals surface area contributed by atoms with Crippen LogP contribution in [-0.2, 0) is 6.54 Å². The summed E-state index contributed by atoms with van der Waals surface area (Å²) in [6.07, 6.45) is 0. The molecule has 0 aliphatic heterocycles. The minimum Gasteiger partial charge on any atom is -0.423 e. The zero-order chi connectivity index (χ0) is 18.3. The van der Waals surface area contributed by atoms with E-state index in [0.717, 1.165) is 20.4 Å². The van der Waals surface area contributed by atoms with Crippen molar-refractivity contribution in [3.05, 3.63) is 84.2 Å². The number of hydrogen-bond donors (Lipinski definition) is 0. The van der Waals surface area contributed by atoms with Crippen molar-refractivity contribution in [2.45, 2.75) is 13.5 Å². The van der Waals surface area contributed by atoms with E-state index >= 15 is 0 Å². The third-order valence-corrected chi connectivity index (χ3v) is 5.49. The van der Waals surface area contributed by atoms with Crippen LogP contribution in [0, 0.1) is 6.92 Å². The second-order valence-electron chi connectivity index (χ2n) is 5.86. The third-order valence-electron chi connectivity index (χ3n) is 3.97. The first kappa shape index (κ1) is 16.9. The first-order valence-electron chi connectivity index (χ1n) is 7.87. The van der Waals surface area contributed by atoms with Gasteiger partial charge in [-0.15, -0.1) is 11.3 Å². The number of benzene rings is 1. The van der Waals surface area contributed by atoms with Crippen molar-refractivity contribution in [2.75, 3.05) is 0 Å². The summed E-state index contributed by atoms with van der Waals surface area (Å²) in [5.41, 5.74) is 1.22. The van der Waals surface area contributed by atoms with Crippen LogP contribution in [0.2, 0.25) is 0 Å². The predicted octanol–water partition coefficient (Wildman–Crippen LogP) is 4.20. The standard InChI is InChI=1S/C19H13BrN2O3S/c1-11-2-6-17(26-11)15-5-7-18(23)22(21-15)10-12-8-19(24)25-16-9-13(20)3-4-14(12)16/h2-9H,10H2,1H3. The largest absolute Gasteiger partial charge is 0.423 e. The molecule has 26 heavy (non-hydrogen) atoms. The number of aromatic nitrogens is 2. The van der Waals surface area contributed by atoms with Gasteiger partial charge in [-0.05, 0) is 48.9 Å². The van der Waals surface area contributed by atoms with E-state index in [1.807, 2.05) is 31.2 Å². The van der Waals surface area contributed by atoms with Crippen LogP contribution < -0.4 is 11.2 Å². The fraction of sp³-hybridized carbons (Fsp3) is 0.105. The molecule has 0 N–H and O–H groups in total. The summed E-state index contributed by atoms with van der Waals surface area (Å²) in [6, 6.07) is 14.1. The summed E-state index contributed by atoms with van der Waals surface area (Å²) >= 11 is 4.99. The van der Waals surface area contributed by atoms with Crippen LogP contribution in [-0.4, -0.2) is 9.78 Å². The van der Waals surface area contributed by atoms with Crippen LogP contribution in [0.3, 0.4) is 0 Å². The average molecular weight is 429 g/mol. The van der Waals surface area contributed by atoms with Gasteiger partial charge in [0.2, 0.25) is 0 Å². The van der Waals surface area contributed by atoms with E-state index < -0.39 is 5.63 Å². The number of hydrogen-bond acceptors (Lipinski definition) is 5. The minimum atomic E-state index is -0.455. The smallest absolute Gasteiger partial charge is 0.336 e. The van der Waals surface area contributed by atoms with E-state index in [4.69, 9.17) is 4.42 Å². The molecule has 0 fully saturated rings. The van der Waals surface area contributed by atoms with Crippen molar-refractivity contribution in [3.63, 3.8) is 0 Å². The molecule has 1 aromatic carbocycles. The van der Waals surface area contributed by atoms with Gasteiger partial charge in [0.25, 0.3) is 5.56 Å². The summed E-state index contributed by atoms with van der Waals surface area (Å²) in [6.45, 7) is 2.22. The molecule has 0 saturated heterocycles. The van der Waals surface area contributed by atoms with Crippen LogP contribution in [0.1, 0.15) is 10.4 Å². The molecule has 0 bridgehead atoms. The van der Waals surface area contributed by atoms with E-state index in [0.29, 0.717) is 11.1 Å². The maximum atomic E-state index is 12.3. The van der Waals surface area contributed by atoms with Crippen molar-refractivity contribution in [3.8, 4) is 10.6 Å². The molecule has 0 radical (unpaired) electrons. The predicted molar refractivity (Wildman–Crippen MR) is 106 cm³/mol. The molecule has 5 nitrogen and oxygen atoms in total. The summed E-state index contributed by atoms with van der Waals surface area (Å²) in [4.78, 5) is 26.4. The first-order valence-corrected chi connectivity index (χ1v) is 9.48. The van der Waals surface area contributed by atoms with Crippen LogP contribution in [0.4, 0.5) is 0 Å². The first-order chi connectivity index (χ1) is 12.5. The lowest BCUT2D eigenvalue weighted by molar-refractivity contribution is 0.554. The molecule has 0 unspecified atom stereocenters. The highest BCUT2D eigenvalue weighted by Crippen LogP contribution is 2.25. The van der Waals surface area contributed by atoms with Crippen molar-refractivity contribution in [2.24, 2.45) is 0 Å². The molecule has 0 aliphatic carbocycles.